The molecule has 2 aliphatic rings. The molecule has 0 radical (unpaired) electrons. The summed E-state index contributed by atoms with van der Waals surface area (Å²) in [4.78, 5) is 15.1. The number of aromatic nitrogens is 2. The lowest BCUT2D eigenvalue weighted by atomic mass is 10.1. The van der Waals surface area contributed by atoms with Crippen LogP contribution in [0.1, 0.15) is 45.4 Å². The zero-order valence-corrected chi connectivity index (χ0v) is 15.5. The van der Waals surface area contributed by atoms with E-state index in [9.17, 15) is 4.79 Å². The Balaban J connectivity index is 0.000000276. The summed E-state index contributed by atoms with van der Waals surface area (Å²) in [6.07, 6.45) is 2.13. The van der Waals surface area contributed by atoms with Crippen molar-refractivity contribution in [1.29, 1.82) is 0 Å². The second-order valence-corrected chi connectivity index (χ2v) is 6.06. The van der Waals surface area contributed by atoms with Crippen LogP contribution in [-0.2, 0) is 22.5 Å². The number of nitrogens with zero attached hydrogens (tertiary/aromatic N) is 3. The lowest BCUT2D eigenvalue weighted by molar-refractivity contribution is -0.129. The minimum atomic E-state index is 0.131. The molecule has 2 aliphatic heterocycles. The molecule has 0 saturated carbocycles. The summed E-state index contributed by atoms with van der Waals surface area (Å²) in [5.74, 6) is 1.90. The van der Waals surface area contributed by atoms with E-state index in [1.165, 1.54) is 6.42 Å². The van der Waals surface area contributed by atoms with Gasteiger partial charge in [0.1, 0.15) is 0 Å². The molecule has 1 fully saturated rings. The predicted molar refractivity (Wildman–Crippen MR) is 93.7 cm³/mol. The second-order valence-electron chi connectivity index (χ2n) is 6.06. The summed E-state index contributed by atoms with van der Waals surface area (Å²) in [7, 11) is 3.92. The highest BCUT2D eigenvalue weighted by Crippen LogP contribution is 2.25. The van der Waals surface area contributed by atoms with Crippen molar-refractivity contribution in [2.45, 2.75) is 47.1 Å². The van der Waals surface area contributed by atoms with Gasteiger partial charge in [0, 0.05) is 58.5 Å². The summed E-state index contributed by atoms with van der Waals surface area (Å²) < 4.78 is 5.06. The van der Waals surface area contributed by atoms with Crippen molar-refractivity contribution < 1.29 is 9.53 Å². The van der Waals surface area contributed by atoms with E-state index in [-0.39, 0.29) is 5.91 Å². The Morgan fingerprint density at radius 2 is 2.09 bits per heavy atom. The first-order valence-electron chi connectivity index (χ1n) is 8.55. The van der Waals surface area contributed by atoms with Crippen molar-refractivity contribution in [2.75, 3.05) is 38.8 Å². The number of ether oxygens (including phenoxy) is 1. The van der Waals surface area contributed by atoms with Crippen LogP contribution in [0.3, 0.4) is 0 Å². The molecule has 6 nitrogen and oxygen atoms in total. The van der Waals surface area contributed by atoms with Gasteiger partial charge in [0.2, 0.25) is 5.91 Å². The molecule has 23 heavy (non-hydrogen) atoms. The highest BCUT2D eigenvalue weighted by Gasteiger charge is 2.23. The second kappa shape index (κ2) is 9.55. The molecule has 3 heterocycles. The molecular weight excluding hydrogens is 292 g/mol. The third kappa shape index (κ3) is 5.53. The van der Waals surface area contributed by atoms with Gasteiger partial charge < -0.3 is 14.5 Å². The van der Waals surface area contributed by atoms with Gasteiger partial charge in [0.05, 0.1) is 6.54 Å². The summed E-state index contributed by atoms with van der Waals surface area (Å²) in [6.45, 7) is 11.3. The maximum atomic E-state index is 11.3. The average molecular weight is 324 g/mol. The number of rotatable bonds is 1. The SMILES string of the molecule is CC.CC(=O)N1CCc2[nH]nc(N(C)C)c2C1.C[C@H]1CCOC1. The topological polar surface area (TPSA) is 61.5 Å². The van der Waals surface area contributed by atoms with E-state index in [0.717, 1.165) is 49.2 Å². The van der Waals surface area contributed by atoms with E-state index in [4.69, 9.17) is 4.74 Å². The molecule has 1 N–H and O–H groups in total. The minimum Gasteiger partial charge on any atom is -0.381 e. The van der Waals surface area contributed by atoms with Gasteiger partial charge in [-0.05, 0) is 12.3 Å². The predicted octanol–water partition coefficient (Wildman–Crippen LogP) is 2.45. The van der Waals surface area contributed by atoms with Gasteiger partial charge in [-0.15, -0.1) is 0 Å². The molecule has 1 amide bonds. The van der Waals surface area contributed by atoms with Crippen LogP contribution in [0.15, 0.2) is 0 Å². The third-order valence-corrected chi connectivity index (χ3v) is 3.94. The molecule has 0 spiro atoms. The van der Waals surface area contributed by atoms with E-state index in [1.54, 1.807) is 6.92 Å². The smallest absolute Gasteiger partial charge is 0.219 e. The minimum absolute atomic E-state index is 0.131. The fraction of sp³-hybridized carbons (Fsp3) is 0.765. The number of carbonyl (C=O) groups is 1. The Morgan fingerprint density at radius 1 is 1.39 bits per heavy atom. The third-order valence-electron chi connectivity index (χ3n) is 3.94. The summed E-state index contributed by atoms with van der Waals surface area (Å²) in [6, 6.07) is 0. The van der Waals surface area contributed by atoms with Crippen molar-refractivity contribution in [3.8, 4) is 0 Å². The van der Waals surface area contributed by atoms with Gasteiger partial charge in [-0.3, -0.25) is 9.89 Å². The molecule has 0 unspecified atom stereocenters. The first-order valence-corrected chi connectivity index (χ1v) is 8.55. The molecule has 0 aliphatic carbocycles. The molecule has 1 aromatic heterocycles. The van der Waals surface area contributed by atoms with Gasteiger partial charge in [-0.25, -0.2) is 0 Å². The number of hydrogen-bond acceptors (Lipinski definition) is 4. The molecule has 1 atom stereocenters. The van der Waals surface area contributed by atoms with Crippen LogP contribution in [0.4, 0.5) is 5.82 Å². The Hall–Kier alpha value is -1.56. The van der Waals surface area contributed by atoms with Crippen molar-refractivity contribution in [3.63, 3.8) is 0 Å². The Labute approximate surface area is 140 Å². The van der Waals surface area contributed by atoms with Crippen LogP contribution < -0.4 is 4.90 Å². The zero-order valence-electron chi connectivity index (χ0n) is 15.5. The van der Waals surface area contributed by atoms with Gasteiger partial charge in [0.25, 0.3) is 0 Å². The molecule has 1 saturated heterocycles. The number of fused-ring (bicyclic) bond motifs is 1. The van der Waals surface area contributed by atoms with Crippen molar-refractivity contribution in [3.05, 3.63) is 11.3 Å². The molecule has 3 rings (SSSR count). The molecule has 0 aromatic carbocycles. The standard InChI is InChI=1S/C10H16N4O.C5H10O.C2H6/c1-7(15)14-5-4-9-8(6-14)10(12-11-9)13(2)3;1-5-2-3-6-4-5;1-2/h4-6H2,1-3H3,(H,11,12);5H,2-4H2,1H3;1-2H3/t;5-;/m.0./s1. The number of hydrogen-bond donors (Lipinski definition) is 1. The number of amides is 1. The lowest BCUT2D eigenvalue weighted by Crippen LogP contribution is -2.34. The normalized spacial score (nSPS) is 19.0. The molecule has 0 bridgehead atoms. The largest absolute Gasteiger partial charge is 0.381 e. The van der Waals surface area contributed by atoms with E-state index >= 15 is 0 Å². The van der Waals surface area contributed by atoms with Crippen LogP contribution in [0.5, 0.6) is 0 Å². The quantitative estimate of drug-likeness (QED) is 0.862. The highest BCUT2D eigenvalue weighted by molar-refractivity contribution is 5.74. The number of H-pyrrole nitrogens is 1. The average Bonchev–Trinajstić information content (AvgIpc) is 3.17. The summed E-state index contributed by atoms with van der Waals surface area (Å²) >= 11 is 0. The molecular formula is C17H32N4O2. The maximum Gasteiger partial charge on any atom is 0.219 e. The van der Waals surface area contributed by atoms with E-state index in [0.29, 0.717) is 6.54 Å². The summed E-state index contributed by atoms with van der Waals surface area (Å²) in [5, 5.41) is 7.29. The molecule has 1 aromatic rings. The van der Waals surface area contributed by atoms with Gasteiger partial charge in [-0.1, -0.05) is 20.8 Å². The monoisotopic (exact) mass is 324 g/mol. The Morgan fingerprint density at radius 3 is 2.52 bits per heavy atom. The van der Waals surface area contributed by atoms with Gasteiger partial charge in [-0.2, -0.15) is 5.10 Å². The fourth-order valence-corrected chi connectivity index (χ4v) is 2.57. The van der Waals surface area contributed by atoms with E-state index in [2.05, 4.69) is 17.1 Å². The Bertz CT molecular complexity index is 479. The lowest BCUT2D eigenvalue weighted by Gasteiger charge is -2.26. The number of nitrogens with one attached hydrogen (secondary N) is 1. The van der Waals surface area contributed by atoms with Crippen molar-refractivity contribution >= 4 is 11.7 Å². The van der Waals surface area contributed by atoms with Crippen LogP contribution in [0.25, 0.3) is 0 Å². The van der Waals surface area contributed by atoms with Crippen LogP contribution >= 0.6 is 0 Å². The molecule has 6 heteroatoms. The van der Waals surface area contributed by atoms with E-state index in [1.807, 2.05) is 37.7 Å². The van der Waals surface area contributed by atoms with Crippen molar-refractivity contribution in [2.24, 2.45) is 5.92 Å². The van der Waals surface area contributed by atoms with Crippen LogP contribution in [-0.4, -0.2) is 54.9 Å². The zero-order chi connectivity index (χ0) is 17.4. The Kier molecular flexibility index (Phi) is 8.09. The number of aromatic amines is 1. The number of carbonyl (C=O) groups excluding carboxylic acids is 1. The fourth-order valence-electron chi connectivity index (χ4n) is 2.57. The first-order chi connectivity index (χ1) is 11.0. The van der Waals surface area contributed by atoms with Crippen LogP contribution in [0, 0.1) is 5.92 Å². The highest BCUT2D eigenvalue weighted by atomic mass is 16.5. The van der Waals surface area contributed by atoms with E-state index < -0.39 is 0 Å². The maximum absolute atomic E-state index is 11.3. The van der Waals surface area contributed by atoms with Crippen LogP contribution in [0.2, 0.25) is 0 Å². The van der Waals surface area contributed by atoms with Crippen molar-refractivity contribution in [1.82, 2.24) is 15.1 Å². The van der Waals surface area contributed by atoms with Gasteiger partial charge in [0.15, 0.2) is 5.82 Å². The first kappa shape index (κ1) is 19.5. The molecule has 132 valence electrons. The number of anilines is 1. The summed E-state index contributed by atoms with van der Waals surface area (Å²) in [5.41, 5.74) is 2.32. The van der Waals surface area contributed by atoms with Gasteiger partial charge >= 0.3 is 0 Å².